The van der Waals surface area contributed by atoms with E-state index in [1.807, 2.05) is 0 Å². The number of alkyl halides is 12. The van der Waals surface area contributed by atoms with E-state index in [2.05, 4.69) is 4.18 Å². The van der Waals surface area contributed by atoms with E-state index in [1.54, 1.807) is 13.8 Å². The smallest absolute Gasteiger partial charge is 0.378 e. The Kier molecular flexibility index (Phi) is 9.57. The molecule has 0 fully saturated rings. The summed E-state index contributed by atoms with van der Waals surface area (Å²) in [5.74, 6) is -9.78. The maximum Gasteiger partial charge on any atom is 0.499 e. The maximum absolute atomic E-state index is 14.4. The molecule has 9 nitrogen and oxygen atoms in total. The molecule has 240 valence electrons. The summed E-state index contributed by atoms with van der Waals surface area (Å²) in [5, 5.41) is -15.9. The highest BCUT2D eigenvalue weighted by atomic mass is 32.3. The molecule has 1 aromatic rings. The van der Waals surface area contributed by atoms with Gasteiger partial charge < -0.3 is 4.18 Å². The average Bonchev–Trinajstić information content (AvgIpc) is 2.76. The van der Waals surface area contributed by atoms with Crippen molar-refractivity contribution in [2.45, 2.75) is 57.5 Å². The molecule has 0 aromatic heterocycles. The molecule has 41 heavy (non-hydrogen) atoms. The molecule has 0 amide bonds. The number of rotatable bonds is 11. The Labute approximate surface area is 223 Å². The first-order valence-corrected chi connectivity index (χ1v) is 15.8. The van der Waals surface area contributed by atoms with Gasteiger partial charge in [0, 0.05) is 0 Å². The Hall–Kier alpha value is -2.02. The van der Waals surface area contributed by atoms with Crippen molar-refractivity contribution < 1.29 is 90.5 Å². The number of halogens is 12. The van der Waals surface area contributed by atoms with Crippen molar-refractivity contribution in [3.63, 3.8) is 0 Å². The van der Waals surface area contributed by atoms with Crippen LogP contribution >= 0.6 is 0 Å². The number of benzene rings is 1. The fourth-order valence-corrected chi connectivity index (χ4v) is 10.8. The van der Waals surface area contributed by atoms with Crippen LogP contribution in [0.15, 0.2) is 24.3 Å². The molecular weight excluding hydrogens is 692 g/mol. The second-order valence-electron chi connectivity index (χ2n) is 7.84. The zero-order valence-corrected chi connectivity index (χ0v) is 22.8. The molecule has 0 radical (unpaired) electrons. The molecular formula is C16H14F12O9S4. The van der Waals surface area contributed by atoms with E-state index < -0.39 is 76.7 Å². The number of sulfone groups is 3. The van der Waals surface area contributed by atoms with Gasteiger partial charge in [0.15, 0.2) is 0 Å². The van der Waals surface area contributed by atoms with Gasteiger partial charge in [0.05, 0.1) is 0 Å². The van der Waals surface area contributed by atoms with Crippen LogP contribution in [-0.4, -0.2) is 65.0 Å². The third-order valence-corrected chi connectivity index (χ3v) is 14.7. The molecule has 0 aliphatic rings. The first kappa shape index (κ1) is 37.0. The Morgan fingerprint density at radius 2 is 1.00 bits per heavy atom. The lowest BCUT2D eigenvalue weighted by atomic mass is 9.99. The number of hydrogen-bond donors (Lipinski definition) is 0. The lowest BCUT2D eigenvalue weighted by Gasteiger charge is -2.33. The molecule has 0 N–H and O–H groups in total. The van der Waals surface area contributed by atoms with Gasteiger partial charge in [0.2, 0.25) is 0 Å². The van der Waals surface area contributed by atoms with Crippen molar-refractivity contribution in [2.75, 3.05) is 0 Å². The molecule has 0 spiro atoms. The van der Waals surface area contributed by atoms with E-state index in [-0.39, 0.29) is 5.92 Å². The molecule has 1 aromatic carbocycles. The van der Waals surface area contributed by atoms with Crippen molar-refractivity contribution in [3.05, 3.63) is 29.8 Å². The topological polar surface area (TPSA) is 146 Å². The fourth-order valence-electron chi connectivity index (χ4n) is 2.61. The molecule has 0 saturated heterocycles. The lowest BCUT2D eigenvalue weighted by Crippen LogP contribution is -2.65. The summed E-state index contributed by atoms with van der Waals surface area (Å²) in [6.07, 6.45) is 0.446. The van der Waals surface area contributed by atoms with Crippen LogP contribution in [0.3, 0.4) is 0 Å². The van der Waals surface area contributed by atoms with Gasteiger partial charge in [-0.2, -0.15) is 61.1 Å². The lowest BCUT2D eigenvalue weighted by molar-refractivity contribution is -0.245. The van der Waals surface area contributed by atoms with Crippen LogP contribution in [-0.2, 0) is 39.6 Å². The fraction of sp³-hybridized carbons (Fsp3) is 0.625. The predicted molar refractivity (Wildman–Crippen MR) is 112 cm³/mol. The molecule has 0 heterocycles. The van der Waals surface area contributed by atoms with E-state index in [4.69, 9.17) is 0 Å². The van der Waals surface area contributed by atoms with Crippen molar-refractivity contribution in [2.24, 2.45) is 0 Å². The molecule has 0 saturated carbocycles. The Balaban J connectivity index is 3.88. The molecule has 25 heteroatoms. The highest BCUT2D eigenvalue weighted by molar-refractivity contribution is 8.25. The first-order valence-electron chi connectivity index (χ1n) is 9.80. The normalized spacial score (nSPS) is 16.1. The molecule has 0 aliphatic carbocycles. The van der Waals surface area contributed by atoms with Gasteiger partial charge in [-0.3, -0.25) is 0 Å². The van der Waals surface area contributed by atoms with Crippen LogP contribution in [0, 0.1) is 0 Å². The van der Waals surface area contributed by atoms with Crippen LogP contribution in [0.1, 0.15) is 31.7 Å². The Morgan fingerprint density at radius 1 is 0.634 bits per heavy atom. The van der Waals surface area contributed by atoms with Crippen LogP contribution in [0.25, 0.3) is 0 Å². The van der Waals surface area contributed by atoms with Gasteiger partial charge in [-0.1, -0.05) is 26.0 Å². The van der Waals surface area contributed by atoms with E-state index in [0.717, 1.165) is 12.1 Å². The molecule has 1 atom stereocenters. The Bertz CT molecular complexity index is 1520. The van der Waals surface area contributed by atoms with Crippen molar-refractivity contribution >= 4 is 39.6 Å². The highest BCUT2D eigenvalue weighted by Crippen LogP contribution is 2.54. The van der Waals surface area contributed by atoms with E-state index in [9.17, 15) is 86.4 Å². The molecule has 0 aliphatic heterocycles. The minimum atomic E-state index is -9.17. The third-order valence-electron chi connectivity index (χ3n) is 5.08. The van der Waals surface area contributed by atoms with Gasteiger partial charge in [0.1, 0.15) is 5.75 Å². The zero-order chi connectivity index (χ0) is 33.1. The minimum Gasteiger partial charge on any atom is -0.378 e. The van der Waals surface area contributed by atoms with Crippen LogP contribution in [0.4, 0.5) is 52.7 Å². The summed E-state index contributed by atoms with van der Waals surface area (Å²) < 4.78 is 253. The summed E-state index contributed by atoms with van der Waals surface area (Å²) in [7, 11) is -34.1. The zero-order valence-electron chi connectivity index (χ0n) is 19.5. The standard InChI is InChI=1S/C16H14F12O9S4/c1-3-8(2)9-4-6-10(7-5-9)37-41(35,36)14(21,22)12(17,18)13(19,20)38(29,30)11(39(31,32)15(23,24)25)40(33,34)16(26,27)28/h4-8,11H,3H2,1-2H3. The van der Waals surface area contributed by atoms with Gasteiger partial charge in [-0.15, -0.1) is 0 Å². The average molecular weight is 707 g/mol. The van der Waals surface area contributed by atoms with Gasteiger partial charge in [-0.25, -0.2) is 25.3 Å². The van der Waals surface area contributed by atoms with E-state index in [0.29, 0.717) is 24.1 Å². The van der Waals surface area contributed by atoms with E-state index in [1.165, 1.54) is 0 Å². The Morgan fingerprint density at radius 3 is 1.32 bits per heavy atom. The van der Waals surface area contributed by atoms with Gasteiger partial charge in [0.25, 0.3) is 33.4 Å². The summed E-state index contributed by atoms with van der Waals surface area (Å²) in [6.45, 7) is 3.25. The summed E-state index contributed by atoms with van der Waals surface area (Å²) in [6, 6.07) is 2.93. The van der Waals surface area contributed by atoms with Crippen molar-refractivity contribution in [1.29, 1.82) is 0 Å². The van der Waals surface area contributed by atoms with E-state index >= 15 is 0 Å². The van der Waals surface area contributed by atoms with Gasteiger partial charge in [-0.05, 0) is 30.0 Å². The van der Waals surface area contributed by atoms with Crippen molar-refractivity contribution in [3.8, 4) is 5.75 Å². The summed E-state index contributed by atoms with van der Waals surface area (Å²) >= 11 is 0. The van der Waals surface area contributed by atoms with Crippen LogP contribution in [0.2, 0.25) is 0 Å². The van der Waals surface area contributed by atoms with Crippen molar-refractivity contribution in [1.82, 2.24) is 0 Å². The number of hydrogen-bond acceptors (Lipinski definition) is 9. The third kappa shape index (κ3) is 5.94. The van der Waals surface area contributed by atoms with Crippen LogP contribution < -0.4 is 4.18 Å². The monoisotopic (exact) mass is 706 g/mol. The summed E-state index contributed by atoms with van der Waals surface area (Å²) in [5.41, 5.74) is -14.7. The van der Waals surface area contributed by atoms with Gasteiger partial charge >= 0.3 is 37.6 Å². The first-order chi connectivity index (χ1) is 17.8. The minimum absolute atomic E-state index is 0.274. The quantitative estimate of drug-likeness (QED) is 0.243. The largest absolute Gasteiger partial charge is 0.499 e. The SMILES string of the molecule is CCC(C)c1ccc(OS(=O)(=O)C(F)(F)C(F)(F)C(F)(F)S(=O)(=O)C(S(=O)(=O)C(F)(F)F)S(=O)(=O)C(F)(F)F)cc1. The molecule has 1 unspecified atom stereocenters. The highest BCUT2D eigenvalue weighted by Gasteiger charge is 2.86. The molecule has 0 bridgehead atoms. The second-order valence-corrected chi connectivity index (χ2v) is 16.4. The maximum atomic E-state index is 14.4. The predicted octanol–water partition coefficient (Wildman–Crippen LogP) is 4.30. The molecule has 1 rings (SSSR count). The second kappa shape index (κ2) is 10.6. The summed E-state index contributed by atoms with van der Waals surface area (Å²) in [4.78, 5) is 0. The van der Waals surface area contributed by atoms with Crippen LogP contribution in [0.5, 0.6) is 5.75 Å².